The number of rotatable bonds is 6. The zero-order valence-electron chi connectivity index (χ0n) is 9.90. The quantitative estimate of drug-likeness (QED) is 0.433. The number of nitro groups is 1. The minimum Gasteiger partial charge on any atom is -0.351 e. The third-order valence-corrected chi connectivity index (χ3v) is 2.38. The Hall–Kier alpha value is -1.89. The van der Waals surface area contributed by atoms with Crippen LogP contribution in [0.2, 0.25) is 0 Å². The van der Waals surface area contributed by atoms with Crippen molar-refractivity contribution in [3.8, 4) is 0 Å². The van der Waals surface area contributed by atoms with Crippen LogP contribution in [0, 0.1) is 10.1 Å². The predicted octanol–water partition coefficient (Wildman–Crippen LogP) is 0.604. The van der Waals surface area contributed by atoms with E-state index in [4.69, 9.17) is 0 Å². The number of H-pyrrole nitrogens is 1. The third-order valence-electron chi connectivity index (χ3n) is 2.38. The van der Waals surface area contributed by atoms with Gasteiger partial charge in [-0.25, -0.2) is 0 Å². The van der Waals surface area contributed by atoms with Crippen molar-refractivity contribution in [1.82, 2.24) is 15.2 Å². The van der Waals surface area contributed by atoms with Gasteiger partial charge in [0.1, 0.15) is 5.69 Å². The fourth-order valence-corrected chi connectivity index (χ4v) is 1.41. The average Bonchev–Trinajstić information content (AvgIpc) is 2.77. The highest BCUT2D eigenvalue weighted by molar-refractivity contribution is 5.92. The normalized spacial score (nSPS) is 10.2. The summed E-state index contributed by atoms with van der Waals surface area (Å²) in [5, 5.41) is 13.5. The highest BCUT2D eigenvalue weighted by atomic mass is 16.6. The highest BCUT2D eigenvalue weighted by Crippen LogP contribution is 2.13. The summed E-state index contributed by atoms with van der Waals surface area (Å²) in [6.45, 7) is 1.43. The van der Waals surface area contributed by atoms with Crippen LogP contribution in [0.1, 0.15) is 16.9 Å². The fourth-order valence-electron chi connectivity index (χ4n) is 1.41. The van der Waals surface area contributed by atoms with Crippen LogP contribution in [-0.4, -0.2) is 47.9 Å². The first-order valence-electron chi connectivity index (χ1n) is 5.29. The maximum atomic E-state index is 11.8. The van der Waals surface area contributed by atoms with Gasteiger partial charge >= 0.3 is 0 Å². The van der Waals surface area contributed by atoms with Gasteiger partial charge < -0.3 is 15.2 Å². The number of nitrogens with zero attached hydrogens (tertiary/aromatic N) is 2. The van der Waals surface area contributed by atoms with E-state index in [0.29, 0.717) is 6.54 Å². The molecule has 0 saturated heterocycles. The van der Waals surface area contributed by atoms with Crippen molar-refractivity contribution in [2.75, 3.05) is 27.2 Å². The summed E-state index contributed by atoms with van der Waals surface area (Å²) in [5.41, 5.74) is 0.139. The Kier molecular flexibility index (Phi) is 4.65. The number of nitrogens with one attached hydrogen (secondary N) is 2. The molecule has 0 radical (unpaired) electrons. The molecule has 1 heterocycles. The molecule has 0 unspecified atom stereocenters. The first-order chi connectivity index (χ1) is 8.06. The van der Waals surface area contributed by atoms with Crippen molar-refractivity contribution in [3.63, 3.8) is 0 Å². The van der Waals surface area contributed by atoms with Crippen molar-refractivity contribution in [3.05, 3.63) is 28.1 Å². The molecule has 1 aromatic heterocycles. The van der Waals surface area contributed by atoms with Crippen molar-refractivity contribution in [1.29, 1.82) is 0 Å². The molecule has 1 rings (SSSR count). The Labute approximate surface area is 99.0 Å². The zero-order valence-corrected chi connectivity index (χ0v) is 9.90. The molecular weight excluding hydrogens is 224 g/mol. The smallest absolute Gasteiger partial charge is 0.287 e. The predicted molar refractivity (Wildman–Crippen MR) is 63.0 cm³/mol. The fraction of sp³-hybridized carbons (Fsp3) is 0.500. The first kappa shape index (κ1) is 13.2. The molecule has 0 aliphatic heterocycles. The minimum atomic E-state index is -0.533. The maximum absolute atomic E-state index is 11.8. The van der Waals surface area contributed by atoms with E-state index < -0.39 is 4.92 Å². The molecule has 17 heavy (non-hydrogen) atoms. The van der Waals surface area contributed by atoms with Gasteiger partial charge in [-0.1, -0.05) is 0 Å². The molecule has 2 N–H and O–H groups in total. The van der Waals surface area contributed by atoms with Gasteiger partial charge in [0.2, 0.25) is 0 Å². The second-order valence-corrected chi connectivity index (χ2v) is 3.71. The summed E-state index contributed by atoms with van der Waals surface area (Å²) in [6.07, 6.45) is 2.05. The van der Waals surface area contributed by atoms with Gasteiger partial charge in [0.25, 0.3) is 11.6 Å². The molecule has 0 aromatic carbocycles. The zero-order chi connectivity index (χ0) is 12.8. The van der Waals surface area contributed by atoms with Crippen LogP contribution >= 0.6 is 0 Å². The van der Waals surface area contributed by atoms with Crippen LogP contribution in [0.25, 0.3) is 0 Å². The number of aromatic amines is 1. The molecule has 7 nitrogen and oxygen atoms in total. The van der Waals surface area contributed by atoms with Gasteiger partial charge in [-0.3, -0.25) is 14.9 Å². The van der Waals surface area contributed by atoms with Crippen molar-refractivity contribution < 1.29 is 9.72 Å². The molecule has 1 amide bonds. The Morgan fingerprint density at radius 2 is 2.35 bits per heavy atom. The Balaban J connectivity index is 2.58. The van der Waals surface area contributed by atoms with Crippen LogP contribution in [-0.2, 0) is 0 Å². The lowest BCUT2D eigenvalue weighted by Crippen LogP contribution is -2.29. The molecule has 94 valence electrons. The molecule has 7 heteroatoms. The van der Waals surface area contributed by atoms with E-state index in [1.165, 1.54) is 17.2 Å². The maximum Gasteiger partial charge on any atom is 0.287 e. The van der Waals surface area contributed by atoms with Crippen LogP contribution in [0.4, 0.5) is 5.69 Å². The van der Waals surface area contributed by atoms with Crippen LogP contribution < -0.4 is 5.32 Å². The Morgan fingerprint density at radius 1 is 1.65 bits per heavy atom. The summed E-state index contributed by atoms with van der Waals surface area (Å²) in [4.78, 5) is 25.9. The summed E-state index contributed by atoms with van der Waals surface area (Å²) in [5.74, 6) is -0.241. The Bertz CT molecular complexity index is 402. The van der Waals surface area contributed by atoms with Gasteiger partial charge in [0.15, 0.2) is 0 Å². The van der Waals surface area contributed by atoms with Crippen LogP contribution in [0.3, 0.4) is 0 Å². The highest BCUT2D eigenvalue weighted by Gasteiger charge is 2.17. The summed E-state index contributed by atoms with van der Waals surface area (Å²) in [6, 6.07) is 1.25. The minimum absolute atomic E-state index is 0.100. The second kappa shape index (κ2) is 6.00. The molecule has 0 spiro atoms. The molecule has 1 aromatic rings. The number of aromatic nitrogens is 1. The molecule has 0 saturated carbocycles. The van der Waals surface area contributed by atoms with E-state index in [1.807, 2.05) is 7.05 Å². The largest absolute Gasteiger partial charge is 0.351 e. The van der Waals surface area contributed by atoms with Gasteiger partial charge in [-0.05, 0) is 20.0 Å². The van der Waals surface area contributed by atoms with Crippen LogP contribution in [0.5, 0.6) is 0 Å². The number of carbonyl (C=O) groups excluding carboxylic acids is 1. The van der Waals surface area contributed by atoms with Crippen molar-refractivity contribution >= 4 is 11.6 Å². The number of carbonyl (C=O) groups is 1. The summed E-state index contributed by atoms with van der Waals surface area (Å²) < 4.78 is 0. The lowest BCUT2D eigenvalue weighted by molar-refractivity contribution is -0.384. The van der Waals surface area contributed by atoms with Gasteiger partial charge in [0, 0.05) is 19.7 Å². The Morgan fingerprint density at radius 3 is 2.88 bits per heavy atom. The van der Waals surface area contributed by atoms with E-state index in [9.17, 15) is 14.9 Å². The summed E-state index contributed by atoms with van der Waals surface area (Å²) in [7, 11) is 3.51. The number of hydrogen-bond acceptors (Lipinski definition) is 4. The average molecular weight is 240 g/mol. The number of hydrogen-bond donors (Lipinski definition) is 2. The molecule has 0 bridgehead atoms. The van der Waals surface area contributed by atoms with E-state index in [1.54, 1.807) is 7.05 Å². The van der Waals surface area contributed by atoms with Gasteiger partial charge in [-0.2, -0.15) is 0 Å². The van der Waals surface area contributed by atoms with Crippen molar-refractivity contribution in [2.45, 2.75) is 6.42 Å². The van der Waals surface area contributed by atoms with E-state index in [0.717, 1.165) is 13.0 Å². The van der Waals surface area contributed by atoms with Gasteiger partial charge in [0.05, 0.1) is 11.1 Å². The standard InChI is InChI=1S/C10H16N4O3/c1-11-4-3-5-13(2)10(15)9-6-8(7-12-9)14(16)17/h6-7,11-12H,3-5H2,1-2H3. The van der Waals surface area contributed by atoms with Crippen molar-refractivity contribution in [2.24, 2.45) is 0 Å². The SMILES string of the molecule is CNCCCN(C)C(=O)c1cc([N+](=O)[O-])c[nH]1. The molecule has 0 atom stereocenters. The van der Waals surface area contributed by atoms with Gasteiger partial charge in [-0.15, -0.1) is 0 Å². The third kappa shape index (κ3) is 3.56. The number of amides is 1. The molecule has 0 fully saturated rings. The molecule has 0 aliphatic carbocycles. The van der Waals surface area contributed by atoms with Crippen LogP contribution in [0.15, 0.2) is 12.3 Å². The molecule has 0 aliphatic rings. The van der Waals surface area contributed by atoms with E-state index in [2.05, 4.69) is 10.3 Å². The second-order valence-electron chi connectivity index (χ2n) is 3.71. The lowest BCUT2D eigenvalue weighted by atomic mass is 10.3. The molecular formula is C10H16N4O3. The monoisotopic (exact) mass is 240 g/mol. The van der Waals surface area contributed by atoms with E-state index >= 15 is 0 Å². The lowest BCUT2D eigenvalue weighted by Gasteiger charge is -2.15. The topological polar surface area (TPSA) is 91.3 Å². The summed E-state index contributed by atoms with van der Waals surface area (Å²) >= 11 is 0. The first-order valence-corrected chi connectivity index (χ1v) is 5.29. The van der Waals surface area contributed by atoms with E-state index in [-0.39, 0.29) is 17.3 Å².